The molecule has 0 spiro atoms. The third-order valence-corrected chi connectivity index (χ3v) is 2.06. The summed E-state index contributed by atoms with van der Waals surface area (Å²) in [5, 5.41) is 8.75. The van der Waals surface area contributed by atoms with E-state index in [1.807, 2.05) is 0 Å². The third-order valence-electron chi connectivity index (χ3n) is 1.57. The maximum atomic E-state index is 12.9. The van der Waals surface area contributed by atoms with Crippen molar-refractivity contribution >= 4 is 15.9 Å². The Morgan fingerprint density at radius 3 is 2.29 bits per heavy atom. The Balaban J connectivity index is 3.08. The minimum atomic E-state index is -4.85. The third kappa shape index (κ3) is 2.45. The molecule has 1 aromatic rings. The van der Waals surface area contributed by atoms with Crippen LogP contribution in [0.3, 0.4) is 0 Å². The van der Waals surface area contributed by atoms with E-state index in [0.29, 0.717) is 4.47 Å². The molecule has 0 saturated carbocycles. The second-order valence-corrected chi connectivity index (χ2v) is 3.53. The van der Waals surface area contributed by atoms with Crippen LogP contribution in [0.15, 0.2) is 22.7 Å². The van der Waals surface area contributed by atoms with Crippen molar-refractivity contribution in [2.24, 2.45) is 0 Å². The Morgan fingerprint density at radius 1 is 1.29 bits per heavy atom. The first kappa shape index (κ1) is 11.5. The minimum Gasteiger partial charge on any atom is -0.379 e. The van der Waals surface area contributed by atoms with Crippen LogP contribution >= 0.6 is 15.9 Å². The minimum absolute atomic E-state index is 0.313. The van der Waals surface area contributed by atoms with Gasteiger partial charge in [-0.1, -0.05) is 22.0 Å². The van der Waals surface area contributed by atoms with Gasteiger partial charge in [-0.25, -0.2) is 4.39 Å². The van der Waals surface area contributed by atoms with Crippen molar-refractivity contribution in [2.45, 2.75) is 12.3 Å². The normalized spacial score (nSPS) is 14.1. The lowest BCUT2D eigenvalue weighted by molar-refractivity contribution is -0.207. The Hall–Kier alpha value is -0.620. The van der Waals surface area contributed by atoms with Crippen molar-refractivity contribution in [3.8, 4) is 0 Å². The molecule has 0 radical (unpaired) electrons. The Bertz CT molecular complexity index is 337. The summed E-state index contributed by atoms with van der Waals surface area (Å²) in [5.41, 5.74) is -0.777. The average molecular weight is 273 g/mol. The van der Waals surface area contributed by atoms with E-state index in [0.717, 1.165) is 12.1 Å². The van der Waals surface area contributed by atoms with Gasteiger partial charge in [-0.05, 0) is 12.1 Å². The quantitative estimate of drug-likeness (QED) is 0.779. The fraction of sp³-hybridized carbons (Fsp3) is 0.250. The van der Waals surface area contributed by atoms with E-state index < -0.39 is 23.7 Å². The van der Waals surface area contributed by atoms with Gasteiger partial charge >= 0.3 is 6.18 Å². The van der Waals surface area contributed by atoms with Crippen LogP contribution in [0.25, 0.3) is 0 Å². The van der Waals surface area contributed by atoms with Crippen molar-refractivity contribution in [3.05, 3.63) is 34.1 Å². The number of halogens is 5. The average Bonchev–Trinajstić information content (AvgIpc) is 2.01. The first-order valence-corrected chi connectivity index (χ1v) is 4.31. The van der Waals surface area contributed by atoms with E-state index in [2.05, 4.69) is 15.9 Å². The molecule has 0 bridgehead atoms. The summed E-state index contributed by atoms with van der Waals surface area (Å²) >= 11 is 2.89. The number of rotatable bonds is 1. The van der Waals surface area contributed by atoms with Gasteiger partial charge in [0, 0.05) is 10.0 Å². The predicted molar refractivity (Wildman–Crippen MR) is 45.1 cm³/mol. The van der Waals surface area contributed by atoms with E-state index in [4.69, 9.17) is 5.11 Å². The maximum absolute atomic E-state index is 12.9. The van der Waals surface area contributed by atoms with Crippen LogP contribution in [-0.4, -0.2) is 11.3 Å². The lowest BCUT2D eigenvalue weighted by Gasteiger charge is -2.15. The lowest BCUT2D eigenvalue weighted by Crippen LogP contribution is -2.21. The zero-order valence-corrected chi connectivity index (χ0v) is 8.23. The second-order valence-electron chi connectivity index (χ2n) is 2.61. The van der Waals surface area contributed by atoms with Gasteiger partial charge in [0.1, 0.15) is 5.82 Å². The van der Waals surface area contributed by atoms with E-state index in [1.165, 1.54) is 6.07 Å². The SMILES string of the molecule is OC(c1ccc(Br)cc1F)C(F)(F)F. The summed E-state index contributed by atoms with van der Waals surface area (Å²) in [6.07, 6.45) is -7.63. The molecule has 0 heterocycles. The van der Waals surface area contributed by atoms with Crippen LogP contribution in [0, 0.1) is 5.82 Å². The number of aliphatic hydroxyl groups excluding tert-OH is 1. The van der Waals surface area contributed by atoms with Crippen LogP contribution in [0.2, 0.25) is 0 Å². The molecule has 0 aliphatic carbocycles. The Kier molecular flexibility index (Phi) is 3.16. The first-order valence-electron chi connectivity index (χ1n) is 3.52. The van der Waals surface area contributed by atoms with Gasteiger partial charge in [0.25, 0.3) is 0 Å². The Labute approximate surface area is 85.5 Å². The van der Waals surface area contributed by atoms with E-state index in [1.54, 1.807) is 0 Å². The molecule has 14 heavy (non-hydrogen) atoms. The molecule has 1 unspecified atom stereocenters. The molecule has 0 amide bonds. The van der Waals surface area contributed by atoms with Crippen molar-refractivity contribution in [1.82, 2.24) is 0 Å². The summed E-state index contributed by atoms with van der Waals surface area (Å²) in [5.74, 6) is -1.09. The lowest BCUT2D eigenvalue weighted by atomic mass is 10.1. The molecule has 1 nitrogen and oxygen atoms in total. The molecule has 1 rings (SSSR count). The van der Waals surface area contributed by atoms with Crippen LogP contribution in [-0.2, 0) is 0 Å². The summed E-state index contributed by atoms with van der Waals surface area (Å²) < 4.78 is 49.2. The number of hydrogen-bond acceptors (Lipinski definition) is 1. The van der Waals surface area contributed by atoms with E-state index in [-0.39, 0.29) is 0 Å². The van der Waals surface area contributed by atoms with Gasteiger partial charge in [0.15, 0.2) is 6.10 Å². The predicted octanol–water partition coefficient (Wildman–Crippen LogP) is 3.18. The van der Waals surface area contributed by atoms with Gasteiger partial charge in [-0.3, -0.25) is 0 Å². The number of hydrogen-bond donors (Lipinski definition) is 1. The zero-order valence-electron chi connectivity index (χ0n) is 6.65. The number of benzene rings is 1. The van der Waals surface area contributed by atoms with Gasteiger partial charge < -0.3 is 5.11 Å². The molecule has 0 aliphatic heterocycles. The second kappa shape index (κ2) is 3.86. The van der Waals surface area contributed by atoms with Crippen molar-refractivity contribution < 1.29 is 22.7 Å². The molecule has 78 valence electrons. The van der Waals surface area contributed by atoms with Crippen LogP contribution in [0.4, 0.5) is 17.6 Å². The van der Waals surface area contributed by atoms with Gasteiger partial charge in [-0.15, -0.1) is 0 Å². The highest BCUT2D eigenvalue weighted by atomic mass is 79.9. The van der Waals surface area contributed by atoms with Gasteiger partial charge in [0.05, 0.1) is 0 Å². The molecular weight excluding hydrogens is 268 g/mol. The molecule has 0 saturated heterocycles. The molecule has 1 atom stereocenters. The number of aliphatic hydroxyl groups is 1. The highest BCUT2D eigenvalue weighted by Crippen LogP contribution is 2.34. The maximum Gasteiger partial charge on any atom is 0.418 e. The van der Waals surface area contributed by atoms with Crippen molar-refractivity contribution in [3.63, 3.8) is 0 Å². The van der Waals surface area contributed by atoms with Crippen LogP contribution < -0.4 is 0 Å². The fourth-order valence-electron chi connectivity index (χ4n) is 0.900. The Morgan fingerprint density at radius 2 is 1.86 bits per heavy atom. The molecule has 6 heteroatoms. The molecule has 1 aromatic carbocycles. The van der Waals surface area contributed by atoms with Gasteiger partial charge in [0.2, 0.25) is 0 Å². The van der Waals surface area contributed by atoms with Gasteiger partial charge in [-0.2, -0.15) is 13.2 Å². The van der Waals surface area contributed by atoms with E-state index in [9.17, 15) is 17.6 Å². The molecule has 0 aliphatic rings. The standard InChI is InChI=1S/C8H5BrF4O/c9-4-1-2-5(6(10)3-4)7(14)8(11,12)13/h1-3,7,14H. The summed E-state index contributed by atoms with van der Waals surface area (Å²) in [6.45, 7) is 0. The molecule has 0 aromatic heterocycles. The summed E-state index contributed by atoms with van der Waals surface area (Å²) in [6, 6.07) is 2.98. The molecule has 1 N–H and O–H groups in total. The number of alkyl halides is 3. The van der Waals surface area contributed by atoms with Crippen molar-refractivity contribution in [1.29, 1.82) is 0 Å². The first-order chi connectivity index (χ1) is 6.32. The topological polar surface area (TPSA) is 20.2 Å². The highest BCUT2D eigenvalue weighted by molar-refractivity contribution is 9.10. The van der Waals surface area contributed by atoms with Crippen molar-refractivity contribution in [2.75, 3.05) is 0 Å². The molecule has 0 fully saturated rings. The highest BCUT2D eigenvalue weighted by Gasteiger charge is 2.40. The zero-order chi connectivity index (χ0) is 10.9. The van der Waals surface area contributed by atoms with Crippen LogP contribution in [0.1, 0.15) is 11.7 Å². The monoisotopic (exact) mass is 272 g/mol. The smallest absolute Gasteiger partial charge is 0.379 e. The van der Waals surface area contributed by atoms with E-state index >= 15 is 0 Å². The largest absolute Gasteiger partial charge is 0.418 e. The summed E-state index contributed by atoms with van der Waals surface area (Å²) in [4.78, 5) is 0. The molecular formula is C8H5BrF4O. The van der Waals surface area contributed by atoms with Crippen LogP contribution in [0.5, 0.6) is 0 Å². The fourth-order valence-corrected chi connectivity index (χ4v) is 1.23. The summed E-state index contributed by atoms with van der Waals surface area (Å²) in [7, 11) is 0.